The van der Waals surface area contributed by atoms with E-state index < -0.39 is 51.7 Å². The maximum Gasteiger partial charge on any atom is 0.310 e. The number of rotatable bonds is 10. The van der Waals surface area contributed by atoms with E-state index in [1.54, 1.807) is 6.92 Å². The van der Waals surface area contributed by atoms with Crippen LogP contribution in [0.25, 0.3) is 16.6 Å². The molecule has 0 amide bonds. The van der Waals surface area contributed by atoms with Gasteiger partial charge < -0.3 is 25.3 Å². The van der Waals surface area contributed by atoms with Crippen LogP contribution in [-0.2, 0) is 0 Å². The number of ketones is 1. The number of nitrogens with one attached hydrogen (secondary N) is 2. The van der Waals surface area contributed by atoms with Crippen molar-refractivity contribution in [3.63, 3.8) is 0 Å². The summed E-state index contributed by atoms with van der Waals surface area (Å²) in [5, 5.41) is 14.7. The largest absolute Gasteiger partial charge is 0.494 e. The van der Waals surface area contributed by atoms with Gasteiger partial charge in [-0.25, -0.2) is 32.2 Å². The van der Waals surface area contributed by atoms with Crippen molar-refractivity contribution >= 4 is 45.2 Å². The summed E-state index contributed by atoms with van der Waals surface area (Å²) in [5.41, 5.74) is 7.15. The smallest absolute Gasteiger partial charge is 0.310 e. The number of para-hydroxylation sites is 1. The SMILES string of the molecule is C/C(=N\c1cc2[nH]c(C(=O)c3cnn(-c4cnc(Oc5c(F)cccc5F)cc4C)c3N)cc2cc1OCC(F)F)c1c(O)[nH]c(=O)sc1=O. The first-order valence-corrected chi connectivity index (χ1v) is 15.2. The first kappa shape index (κ1) is 33.6. The van der Waals surface area contributed by atoms with Crippen LogP contribution >= 0.6 is 11.3 Å². The van der Waals surface area contributed by atoms with Crippen LogP contribution in [0, 0.1) is 18.6 Å². The van der Waals surface area contributed by atoms with E-state index >= 15 is 0 Å². The quantitative estimate of drug-likeness (QED) is 0.0804. The van der Waals surface area contributed by atoms with Gasteiger partial charge in [0.25, 0.3) is 11.2 Å². The van der Waals surface area contributed by atoms with Crippen molar-refractivity contribution < 1.29 is 36.9 Å². The first-order valence-electron chi connectivity index (χ1n) is 14.4. The molecule has 0 saturated heterocycles. The van der Waals surface area contributed by atoms with Crippen LogP contribution in [0.2, 0.25) is 0 Å². The minimum Gasteiger partial charge on any atom is -0.494 e. The second-order valence-corrected chi connectivity index (χ2v) is 11.6. The van der Waals surface area contributed by atoms with Gasteiger partial charge in [-0.3, -0.25) is 19.4 Å². The number of alkyl halides is 2. The highest BCUT2D eigenvalue weighted by Gasteiger charge is 2.22. The van der Waals surface area contributed by atoms with E-state index in [1.165, 1.54) is 54.3 Å². The molecule has 5 N–H and O–H groups in total. The second-order valence-electron chi connectivity index (χ2n) is 10.7. The third kappa shape index (κ3) is 6.55. The summed E-state index contributed by atoms with van der Waals surface area (Å²) in [5.74, 6) is -4.03. The van der Waals surface area contributed by atoms with E-state index in [1.807, 2.05) is 0 Å². The zero-order valence-corrected chi connectivity index (χ0v) is 26.6. The number of pyridine rings is 1. The summed E-state index contributed by atoms with van der Waals surface area (Å²) >= 11 is 0.308. The molecule has 0 aliphatic heterocycles. The van der Waals surface area contributed by atoms with Gasteiger partial charge in [0, 0.05) is 17.0 Å². The molecule has 18 heteroatoms. The number of aryl methyl sites for hydroxylation is 1. The average molecular weight is 710 g/mol. The number of fused-ring (bicyclic) bond motifs is 1. The van der Waals surface area contributed by atoms with E-state index in [0.717, 1.165) is 12.1 Å². The van der Waals surface area contributed by atoms with Gasteiger partial charge in [0.15, 0.2) is 11.6 Å². The van der Waals surface area contributed by atoms with Crippen LogP contribution < -0.4 is 24.8 Å². The summed E-state index contributed by atoms with van der Waals surface area (Å²) in [4.78, 5) is 50.2. The zero-order chi connectivity index (χ0) is 35.9. The van der Waals surface area contributed by atoms with Gasteiger partial charge in [0.2, 0.25) is 23.3 Å². The lowest BCUT2D eigenvalue weighted by molar-refractivity contribution is 0.0822. The molecule has 0 fully saturated rings. The number of hydrogen-bond donors (Lipinski definition) is 4. The minimum atomic E-state index is -2.83. The van der Waals surface area contributed by atoms with E-state index in [-0.39, 0.29) is 45.7 Å². The van der Waals surface area contributed by atoms with E-state index in [4.69, 9.17) is 15.2 Å². The number of H-pyrrole nitrogens is 2. The Morgan fingerprint density at radius 3 is 2.54 bits per heavy atom. The average Bonchev–Trinajstić information content (AvgIpc) is 3.64. The van der Waals surface area contributed by atoms with E-state index in [9.17, 15) is 37.1 Å². The first-order chi connectivity index (χ1) is 23.8. The molecule has 0 atom stereocenters. The van der Waals surface area contributed by atoms with Gasteiger partial charge in [0.05, 0.1) is 35.1 Å². The number of carbonyl (C=O) groups excluding carboxylic acids is 1. The number of nitrogen functional groups attached to an aromatic ring is 1. The summed E-state index contributed by atoms with van der Waals surface area (Å²) in [6.45, 7) is 2.03. The lowest BCUT2D eigenvalue weighted by Crippen LogP contribution is -2.17. The Hall–Kier alpha value is -6.30. The number of aromatic nitrogens is 5. The van der Waals surface area contributed by atoms with Crippen molar-refractivity contribution in [3.05, 3.63) is 108 Å². The Morgan fingerprint density at radius 2 is 1.86 bits per heavy atom. The predicted octanol–water partition coefficient (Wildman–Crippen LogP) is 5.54. The Labute approximate surface area is 281 Å². The van der Waals surface area contributed by atoms with Crippen molar-refractivity contribution in [1.82, 2.24) is 24.7 Å². The molecule has 4 heterocycles. The molecule has 256 valence electrons. The molecule has 0 spiro atoms. The fourth-order valence-corrected chi connectivity index (χ4v) is 5.62. The van der Waals surface area contributed by atoms with Gasteiger partial charge in [-0.05, 0) is 61.1 Å². The Morgan fingerprint density at radius 1 is 1.12 bits per heavy atom. The van der Waals surface area contributed by atoms with Gasteiger partial charge in [-0.15, -0.1) is 0 Å². The molecule has 0 aliphatic rings. The van der Waals surface area contributed by atoms with Crippen LogP contribution in [0.5, 0.6) is 23.3 Å². The van der Waals surface area contributed by atoms with Gasteiger partial charge in [-0.2, -0.15) is 5.10 Å². The topological polar surface area (TPSA) is 191 Å². The molecular weight excluding hydrogens is 686 g/mol. The number of nitrogens with zero attached hydrogens (tertiary/aromatic N) is 4. The van der Waals surface area contributed by atoms with E-state index in [2.05, 4.69) is 25.0 Å². The molecule has 50 heavy (non-hydrogen) atoms. The number of aromatic amines is 2. The molecule has 2 aromatic carbocycles. The Bertz CT molecular complexity index is 2430. The highest BCUT2D eigenvalue weighted by molar-refractivity contribution is 7.06. The van der Waals surface area contributed by atoms with Crippen molar-refractivity contribution in [2.45, 2.75) is 20.3 Å². The lowest BCUT2D eigenvalue weighted by atomic mass is 10.1. The number of aliphatic imine (C=N–C) groups is 1. The molecule has 0 aliphatic carbocycles. The van der Waals surface area contributed by atoms with Crippen LogP contribution in [0.3, 0.4) is 0 Å². The van der Waals surface area contributed by atoms with Crippen LogP contribution in [0.4, 0.5) is 29.1 Å². The number of carbonyl (C=O) groups is 1. The summed E-state index contributed by atoms with van der Waals surface area (Å²) in [7, 11) is 0. The summed E-state index contributed by atoms with van der Waals surface area (Å²) in [6.07, 6.45) is -0.295. The monoisotopic (exact) mass is 709 g/mol. The number of anilines is 1. The minimum absolute atomic E-state index is 0.00857. The zero-order valence-electron chi connectivity index (χ0n) is 25.8. The molecule has 0 bridgehead atoms. The molecule has 0 radical (unpaired) electrons. The third-order valence-corrected chi connectivity index (χ3v) is 7.95. The van der Waals surface area contributed by atoms with Crippen LogP contribution in [-0.4, -0.2) is 54.4 Å². The summed E-state index contributed by atoms with van der Waals surface area (Å²) < 4.78 is 65.3. The standard InChI is InChI=1S/C32H23F4N7O6S/c1-13-6-25(49-28-17(33)4-3-5-18(28)34)38-11-22(13)43-29(37)16(10-39-43)27(44)21-7-15-8-23(48-12-24(35)36)20(9-19(15)41-21)40-14(2)26-30(45)42-32(47)50-31(26)46/h3-11,24,41,45H,12,37H2,1-2H3,(H,42,47)/b40-14+. The van der Waals surface area contributed by atoms with Gasteiger partial charge in [-0.1, -0.05) is 6.07 Å². The van der Waals surface area contributed by atoms with Crippen molar-refractivity contribution in [2.75, 3.05) is 12.3 Å². The Kier molecular flexibility index (Phi) is 8.94. The molecule has 6 aromatic rings. The maximum absolute atomic E-state index is 14.0. The lowest BCUT2D eigenvalue weighted by Gasteiger charge is -2.11. The number of halogens is 4. The molecule has 13 nitrogen and oxygen atoms in total. The molecular formula is C32H23F4N7O6S. The van der Waals surface area contributed by atoms with Gasteiger partial charge in [0.1, 0.15) is 29.4 Å². The molecule has 0 unspecified atom stereocenters. The van der Waals surface area contributed by atoms with Crippen molar-refractivity contribution in [2.24, 2.45) is 4.99 Å². The normalized spacial score (nSPS) is 11.8. The van der Waals surface area contributed by atoms with E-state index in [0.29, 0.717) is 33.5 Å². The predicted molar refractivity (Wildman–Crippen MR) is 175 cm³/mol. The fraction of sp³-hybridized carbons (Fsp3) is 0.125. The number of ether oxygens (including phenoxy) is 2. The third-order valence-electron chi connectivity index (χ3n) is 7.27. The molecule has 6 rings (SSSR count). The fourth-order valence-electron chi connectivity index (χ4n) is 4.95. The van der Waals surface area contributed by atoms with Crippen molar-refractivity contribution in [3.8, 4) is 28.9 Å². The number of aromatic hydroxyl groups is 1. The maximum atomic E-state index is 14.0. The number of hydrogen-bond acceptors (Lipinski definition) is 11. The van der Waals surface area contributed by atoms with Crippen LogP contribution in [0.1, 0.15) is 34.1 Å². The summed E-state index contributed by atoms with van der Waals surface area (Å²) in [6, 6.07) is 8.88. The molecule has 4 aromatic heterocycles. The van der Waals surface area contributed by atoms with Crippen LogP contribution in [0.15, 0.2) is 69.4 Å². The highest BCUT2D eigenvalue weighted by Crippen LogP contribution is 2.35. The highest BCUT2D eigenvalue weighted by atomic mass is 32.1. The number of benzene rings is 2. The Balaban J connectivity index is 1.32. The second kappa shape index (κ2) is 13.3. The van der Waals surface area contributed by atoms with Crippen molar-refractivity contribution in [1.29, 1.82) is 0 Å². The number of nitrogens with two attached hydrogens (primary N) is 1. The molecule has 0 saturated carbocycles. The van der Waals surface area contributed by atoms with Gasteiger partial charge >= 0.3 is 4.87 Å².